The number of aromatic hydroxyl groups is 1. The van der Waals surface area contributed by atoms with E-state index >= 15 is 0 Å². The lowest BCUT2D eigenvalue weighted by Crippen LogP contribution is -2.04. The molecule has 0 saturated carbocycles. The summed E-state index contributed by atoms with van der Waals surface area (Å²) in [5.41, 5.74) is 0.348. The van der Waals surface area contributed by atoms with Crippen molar-refractivity contribution in [3.63, 3.8) is 0 Å². The van der Waals surface area contributed by atoms with E-state index in [4.69, 9.17) is 0 Å². The zero-order valence-corrected chi connectivity index (χ0v) is 8.58. The first-order valence-electron chi connectivity index (χ1n) is 4.75. The molecule has 0 amide bonds. The number of nitro benzene ring substituents is 1. The van der Waals surface area contributed by atoms with Crippen LogP contribution in [-0.4, -0.2) is 15.0 Å². The van der Waals surface area contributed by atoms with E-state index in [1.54, 1.807) is 0 Å². The molecule has 0 radical (unpaired) electrons. The molecule has 86 valence electrons. The minimum Gasteiger partial charge on any atom is -0.506 e. The third kappa shape index (κ3) is 2.15. The number of rotatable bonds is 2. The highest BCUT2D eigenvalue weighted by molar-refractivity contribution is 5.66. The minimum atomic E-state index is -0.516. The van der Waals surface area contributed by atoms with E-state index in [1.807, 2.05) is 0 Å². The maximum absolute atomic E-state index is 11.1. The van der Waals surface area contributed by atoms with Crippen molar-refractivity contribution in [1.29, 1.82) is 0 Å². The van der Waals surface area contributed by atoms with E-state index in [0.717, 1.165) is 0 Å². The standard InChI is InChI=1S/C11H8N2O4/c14-9-5-6-10(15)12-11(9)7-1-3-8(4-2-7)13(16)17/h1-6,14H,(H,12,15). The van der Waals surface area contributed by atoms with Crippen LogP contribution in [0.4, 0.5) is 5.69 Å². The van der Waals surface area contributed by atoms with E-state index in [0.29, 0.717) is 5.56 Å². The van der Waals surface area contributed by atoms with E-state index in [1.165, 1.54) is 36.4 Å². The summed E-state index contributed by atoms with van der Waals surface area (Å²) in [5, 5.41) is 20.0. The van der Waals surface area contributed by atoms with Gasteiger partial charge in [0.25, 0.3) is 5.69 Å². The van der Waals surface area contributed by atoms with Gasteiger partial charge in [0.1, 0.15) is 5.75 Å². The van der Waals surface area contributed by atoms with Crippen molar-refractivity contribution >= 4 is 5.69 Å². The molecule has 6 nitrogen and oxygen atoms in total. The molecule has 2 N–H and O–H groups in total. The van der Waals surface area contributed by atoms with Crippen molar-refractivity contribution in [2.24, 2.45) is 0 Å². The molecule has 0 aliphatic rings. The van der Waals surface area contributed by atoms with Gasteiger partial charge in [0, 0.05) is 23.8 Å². The molecule has 0 saturated heterocycles. The molecule has 1 heterocycles. The highest BCUT2D eigenvalue weighted by Gasteiger charge is 2.08. The molecule has 6 heteroatoms. The summed E-state index contributed by atoms with van der Waals surface area (Å²) in [6.07, 6.45) is 0. The summed E-state index contributed by atoms with van der Waals surface area (Å²) >= 11 is 0. The highest BCUT2D eigenvalue weighted by atomic mass is 16.6. The Morgan fingerprint density at radius 2 is 1.76 bits per heavy atom. The van der Waals surface area contributed by atoms with Gasteiger partial charge in [0.2, 0.25) is 5.56 Å². The molecule has 0 fully saturated rings. The van der Waals surface area contributed by atoms with Crippen LogP contribution in [0, 0.1) is 10.1 Å². The van der Waals surface area contributed by atoms with Crippen LogP contribution >= 0.6 is 0 Å². The molecule has 0 aliphatic carbocycles. The lowest BCUT2D eigenvalue weighted by atomic mass is 10.1. The lowest BCUT2D eigenvalue weighted by molar-refractivity contribution is -0.384. The van der Waals surface area contributed by atoms with E-state index in [9.17, 15) is 20.0 Å². The molecule has 17 heavy (non-hydrogen) atoms. The number of non-ortho nitro benzene ring substituents is 1. The fraction of sp³-hybridized carbons (Fsp3) is 0. The second kappa shape index (κ2) is 4.09. The number of hydrogen-bond donors (Lipinski definition) is 2. The maximum Gasteiger partial charge on any atom is 0.269 e. The summed E-state index contributed by atoms with van der Waals surface area (Å²) in [5.74, 6) is -0.0848. The molecule has 2 rings (SSSR count). The van der Waals surface area contributed by atoms with Crippen molar-refractivity contribution in [3.05, 3.63) is 56.9 Å². The number of H-pyrrole nitrogens is 1. The SMILES string of the molecule is O=c1ccc(O)c(-c2ccc([N+](=O)[O-])cc2)[nH]1. The topological polar surface area (TPSA) is 96.2 Å². The fourth-order valence-corrected chi connectivity index (χ4v) is 1.44. The summed E-state index contributed by atoms with van der Waals surface area (Å²) in [4.78, 5) is 23.5. The average Bonchev–Trinajstić information content (AvgIpc) is 2.32. The van der Waals surface area contributed by atoms with Gasteiger partial charge in [-0.2, -0.15) is 0 Å². The third-order valence-electron chi connectivity index (χ3n) is 2.26. The number of aromatic amines is 1. The largest absolute Gasteiger partial charge is 0.506 e. The molecule has 0 aliphatic heterocycles. The van der Waals surface area contributed by atoms with E-state index in [-0.39, 0.29) is 22.7 Å². The Balaban J connectivity index is 2.50. The van der Waals surface area contributed by atoms with Gasteiger partial charge < -0.3 is 10.1 Å². The molecular weight excluding hydrogens is 224 g/mol. The van der Waals surface area contributed by atoms with Gasteiger partial charge in [-0.1, -0.05) is 0 Å². The number of nitro groups is 1. The van der Waals surface area contributed by atoms with Crippen LogP contribution < -0.4 is 5.56 Å². The maximum atomic E-state index is 11.1. The van der Waals surface area contributed by atoms with Gasteiger partial charge in [0.15, 0.2) is 0 Å². The Kier molecular flexibility index (Phi) is 2.61. The van der Waals surface area contributed by atoms with Crippen molar-refractivity contribution in [2.75, 3.05) is 0 Å². The van der Waals surface area contributed by atoms with Gasteiger partial charge in [-0.05, 0) is 18.2 Å². The normalized spacial score (nSPS) is 10.1. The van der Waals surface area contributed by atoms with Crippen LogP contribution in [0.25, 0.3) is 11.3 Å². The van der Waals surface area contributed by atoms with Gasteiger partial charge in [-0.25, -0.2) is 0 Å². The number of aromatic nitrogens is 1. The molecule has 1 aromatic heterocycles. The van der Waals surface area contributed by atoms with Crippen molar-refractivity contribution in [1.82, 2.24) is 4.98 Å². The predicted octanol–water partition coefficient (Wildman–Crippen LogP) is 1.66. The Morgan fingerprint density at radius 1 is 1.12 bits per heavy atom. The molecule has 2 aromatic rings. The third-order valence-corrected chi connectivity index (χ3v) is 2.26. The van der Waals surface area contributed by atoms with Gasteiger partial charge in [-0.15, -0.1) is 0 Å². The number of hydrogen-bond acceptors (Lipinski definition) is 4. The van der Waals surface area contributed by atoms with Crippen LogP contribution in [0.1, 0.15) is 0 Å². The van der Waals surface area contributed by atoms with E-state index in [2.05, 4.69) is 4.98 Å². The molecular formula is C11H8N2O4. The monoisotopic (exact) mass is 232 g/mol. The fourth-order valence-electron chi connectivity index (χ4n) is 1.44. The molecule has 0 unspecified atom stereocenters. The first kappa shape index (κ1) is 10.9. The van der Waals surface area contributed by atoms with Crippen LogP contribution in [0.3, 0.4) is 0 Å². The van der Waals surface area contributed by atoms with Crippen molar-refractivity contribution in [2.45, 2.75) is 0 Å². The number of nitrogens with one attached hydrogen (secondary N) is 1. The average molecular weight is 232 g/mol. The summed E-state index contributed by atoms with van der Waals surface area (Å²) in [6.45, 7) is 0. The van der Waals surface area contributed by atoms with Gasteiger partial charge in [-0.3, -0.25) is 14.9 Å². The molecule has 0 atom stereocenters. The first-order chi connectivity index (χ1) is 8.08. The summed E-state index contributed by atoms with van der Waals surface area (Å²) in [7, 11) is 0. The quantitative estimate of drug-likeness (QED) is 0.607. The van der Waals surface area contributed by atoms with Crippen LogP contribution in [0.2, 0.25) is 0 Å². The first-order valence-corrected chi connectivity index (χ1v) is 4.75. The van der Waals surface area contributed by atoms with Crippen molar-refractivity contribution < 1.29 is 10.0 Å². The second-order valence-corrected chi connectivity index (χ2v) is 3.39. The Labute approximate surface area is 95.3 Å². The lowest BCUT2D eigenvalue weighted by Gasteiger charge is -2.03. The Hall–Kier alpha value is -2.63. The summed E-state index contributed by atoms with van der Waals surface area (Å²) < 4.78 is 0. The van der Waals surface area contributed by atoms with Crippen LogP contribution in [-0.2, 0) is 0 Å². The zero-order chi connectivity index (χ0) is 12.4. The van der Waals surface area contributed by atoms with E-state index < -0.39 is 4.92 Å². The number of nitrogens with zero attached hydrogens (tertiary/aromatic N) is 1. The highest BCUT2D eigenvalue weighted by Crippen LogP contribution is 2.26. The second-order valence-electron chi connectivity index (χ2n) is 3.39. The zero-order valence-electron chi connectivity index (χ0n) is 8.58. The Bertz CT molecular complexity index is 616. The number of pyridine rings is 1. The number of benzene rings is 1. The van der Waals surface area contributed by atoms with Crippen molar-refractivity contribution in [3.8, 4) is 17.0 Å². The molecule has 0 spiro atoms. The van der Waals surface area contributed by atoms with Crippen LogP contribution in [0.15, 0.2) is 41.2 Å². The predicted molar refractivity (Wildman–Crippen MR) is 60.8 cm³/mol. The Morgan fingerprint density at radius 3 is 2.35 bits per heavy atom. The van der Waals surface area contributed by atoms with Crippen LogP contribution in [0.5, 0.6) is 5.75 Å². The smallest absolute Gasteiger partial charge is 0.269 e. The molecule has 0 bridgehead atoms. The summed E-state index contributed by atoms with van der Waals surface area (Å²) in [6, 6.07) is 8.01. The van der Waals surface area contributed by atoms with Gasteiger partial charge >= 0.3 is 0 Å². The molecule has 1 aromatic carbocycles. The minimum absolute atomic E-state index is 0.0495. The van der Waals surface area contributed by atoms with Gasteiger partial charge in [0.05, 0.1) is 10.6 Å².